The van der Waals surface area contributed by atoms with E-state index in [2.05, 4.69) is 12.2 Å². The zero-order valence-corrected chi connectivity index (χ0v) is 17.9. The van der Waals surface area contributed by atoms with Crippen molar-refractivity contribution in [3.63, 3.8) is 0 Å². The molecule has 0 bridgehead atoms. The predicted molar refractivity (Wildman–Crippen MR) is 116 cm³/mol. The van der Waals surface area contributed by atoms with Gasteiger partial charge in [0.1, 0.15) is 0 Å². The van der Waals surface area contributed by atoms with Gasteiger partial charge in [0.2, 0.25) is 5.91 Å². The van der Waals surface area contributed by atoms with E-state index in [1.165, 1.54) is 37.4 Å². The molecule has 1 saturated carbocycles. The van der Waals surface area contributed by atoms with Crippen LogP contribution < -0.4 is 10.9 Å². The summed E-state index contributed by atoms with van der Waals surface area (Å²) in [5.74, 6) is 0.0370. The van der Waals surface area contributed by atoms with Crippen molar-refractivity contribution in [3.05, 3.63) is 34.6 Å². The molecule has 5 nitrogen and oxygen atoms in total. The van der Waals surface area contributed by atoms with Crippen LogP contribution >= 0.6 is 11.8 Å². The van der Waals surface area contributed by atoms with Gasteiger partial charge in [-0.1, -0.05) is 56.5 Å². The standard InChI is InChI=1S/C22H31N3O2S/c1-4-15(2)25-21(27)18-13-9-10-14-19(18)24-22(25)28-16(3)20(26)23-17-11-7-5-6-8-12-17/h9-10,13-17H,4-8,11-12H2,1-3H3,(H,23,26)/t15-,16+/m0/s1. The summed E-state index contributed by atoms with van der Waals surface area (Å²) in [6.45, 7) is 5.99. The van der Waals surface area contributed by atoms with Crippen LogP contribution in [0.15, 0.2) is 34.2 Å². The van der Waals surface area contributed by atoms with Crippen LogP contribution in [0.4, 0.5) is 0 Å². The Morgan fingerprint density at radius 2 is 1.89 bits per heavy atom. The summed E-state index contributed by atoms with van der Waals surface area (Å²) in [5, 5.41) is 4.17. The van der Waals surface area contributed by atoms with Gasteiger partial charge in [-0.2, -0.15) is 0 Å². The third kappa shape index (κ3) is 4.77. The molecule has 0 spiro atoms. The van der Waals surface area contributed by atoms with Crippen LogP contribution in [-0.4, -0.2) is 26.8 Å². The van der Waals surface area contributed by atoms with Crippen molar-refractivity contribution >= 4 is 28.6 Å². The average molecular weight is 402 g/mol. The zero-order valence-electron chi connectivity index (χ0n) is 17.1. The minimum atomic E-state index is -0.299. The lowest BCUT2D eigenvalue weighted by molar-refractivity contribution is -0.121. The molecule has 2 atom stereocenters. The number of hydrogen-bond acceptors (Lipinski definition) is 4. The Balaban J connectivity index is 1.83. The first-order chi connectivity index (χ1) is 13.5. The molecule has 28 heavy (non-hydrogen) atoms. The molecule has 0 aliphatic heterocycles. The Morgan fingerprint density at radius 1 is 1.21 bits per heavy atom. The number of amides is 1. The molecule has 1 amide bonds. The lowest BCUT2D eigenvalue weighted by Gasteiger charge is -2.22. The first-order valence-electron chi connectivity index (χ1n) is 10.5. The molecule has 1 N–H and O–H groups in total. The molecule has 152 valence electrons. The summed E-state index contributed by atoms with van der Waals surface area (Å²) >= 11 is 1.38. The van der Waals surface area contributed by atoms with Gasteiger partial charge in [0.05, 0.1) is 16.2 Å². The Hall–Kier alpha value is -1.82. The van der Waals surface area contributed by atoms with Gasteiger partial charge >= 0.3 is 0 Å². The van der Waals surface area contributed by atoms with Crippen molar-refractivity contribution in [1.82, 2.24) is 14.9 Å². The Kier molecular flexibility index (Phi) is 7.16. The zero-order chi connectivity index (χ0) is 20.1. The highest BCUT2D eigenvalue weighted by molar-refractivity contribution is 8.00. The third-order valence-electron chi connectivity index (χ3n) is 5.66. The minimum Gasteiger partial charge on any atom is -0.352 e. The molecule has 1 fully saturated rings. The van der Waals surface area contributed by atoms with Gasteiger partial charge in [0, 0.05) is 12.1 Å². The number of carbonyl (C=O) groups is 1. The van der Waals surface area contributed by atoms with Crippen molar-refractivity contribution in [2.24, 2.45) is 0 Å². The number of thioether (sulfide) groups is 1. The number of hydrogen-bond donors (Lipinski definition) is 1. The molecule has 6 heteroatoms. The largest absolute Gasteiger partial charge is 0.352 e. The van der Waals surface area contributed by atoms with Crippen LogP contribution in [0, 0.1) is 0 Å². The lowest BCUT2D eigenvalue weighted by atomic mass is 10.1. The average Bonchev–Trinajstić information content (AvgIpc) is 2.96. The second-order valence-corrected chi connectivity index (χ2v) is 9.11. The predicted octanol–water partition coefficient (Wildman–Crippen LogP) is 4.69. The van der Waals surface area contributed by atoms with Crippen LogP contribution in [0.3, 0.4) is 0 Å². The highest BCUT2D eigenvalue weighted by Gasteiger charge is 2.23. The summed E-state index contributed by atoms with van der Waals surface area (Å²) in [7, 11) is 0. The molecule has 2 aromatic rings. The molecule has 0 radical (unpaired) electrons. The Bertz CT molecular complexity index is 872. The molecular weight excluding hydrogens is 370 g/mol. The maximum absolute atomic E-state index is 13.1. The summed E-state index contributed by atoms with van der Waals surface area (Å²) in [6, 6.07) is 7.74. The summed E-state index contributed by atoms with van der Waals surface area (Å²) in [4.78, 5) is 30.6. The first-order valence-corrected chi connectivity index (χ1v) is 11.4. The van der Waals surface area contributed by atoms with E-state index in [-0.39, 0.29) is 28.8 Å². The van der Waals surface area contributed by atoms with Crippen LogP contribution in [0.5, 0.6) is 0 Å². The van der Waals surface area contributed by atoms with Gasteiger partial charge in [-0.25, -0.2) is 4.98 Å². The van der Waals surface area contributed by atoms with Crippen LogP contribution in [0.1, 0.15) is 71.8 Å². The van der Waals surface area contributed by atoms with E-state index in [9.17, 15) is 9.59 Å². The van der Waals surface area contributed by atoms with Gasteiger partial charge < -0.3 is 5.32 Å². The van der Waals surface area contributed by atoms with Crippen molar-refractivity contribution in [1.29, 1.82) is 0 Å². The summed E-state index contributed by atoms with van der Waals surface area (Å²) in [6.07, 6.45) is 7.86. The van der Waals surface area contributed by atoms with Crippen molar-refractivity contribution in [2.75, 3.05) is 0 Å². The number of nitrogens with one attached hydrogen (secondary N) is 1. The normalized spacial score (nSPS) is 17.8. The molecule has 1 aromatic carbocycles. The van der Waals surface area contributed by atoms with E-state index in [4.69, 9.17) is 4.98 Å². The molecule has 0 saturated heterocycles. The van der Waals surface area contributed by atoms with Crippen LogP contribution in [0.25, 0.3) is 10.9 Å². The molecular formula is C22H31N3O2S. The van der Waals surface area contributed by atoms with Crippen LogP contribution in [0.2, 0.25) is 0 Å². The first kappa shape index (κ1) is 20.9. The number of carbonyl (C=O) groups excluding carboxylic acids is 1. The van der Waals surface area contributed by atoms with Gasteiger partial charge in [0.15, 0.2) is 5.16 Å². The topological polar surface area (TPSA) is 64.0 Å². The Labute approximate surface area is 171 Å². The summed E-state index contributed by atoms with van der Waals surface area (Å²) in [5.41, 5.74) is 0.657. The van der Waals surface area contributed by atoms with E-state index < -0.39 is 0 Å². The fourth-order valence-corrected chi connectivity index (χ4v) is 4.75. The number of fused-ring (bicyclic) bond motifs is 1. The number of benzene rings is 1. The molecule has 1 heterocycles. The van der Waals surface area contributed by atoms with Gasteiger partial charge in [-0.3, -0.25) is 14.2 Å². The van der Waals surface area contributed by atoms with Crippen molar-refractivity contribution < 1.29 is 4.79 Å². The third-order valence-corrected chi connectivity index (χ3v) is 6.73. The minimum absolute atomic E-state index is 0.0289. The van der Waals surface area contributed by atoms with Crippen molar-refractivity contribution in [3.8, 4) is 0 Å². The Morgan fingerprint density at radius 3 is 2.57 bits per heavy atom. The number of para-hydroxylation sites is 1. The lowest BCUT2D eigenvalue weighted by Crippen LogP contribution is -2.39. The quantitative estimate of drug-likeness (QED) is 0.433. The molecule has 0 unspecified atom stereocenters. The summed E-state index contributed by atoms with van der Waals surface area (Å²) < 4.78 is 1.75. The van der Waals surface area contributed by atoms with E-state index in [1.807, 2.05) is 38.1 Å². The maximum atomic E-state index is 13.1. The van der Waals surface area contributed by atoms with Gasteiger partial charge in [0.25, 0.3) is 5.56 Å². The second-order valence-electron chi connectivity index (χ2n) is 7.80. The SMILES string of the molecule is CC[C@H](C)n1c(S[C@H](C)C(=O)NC2CCCCCC2)nc2ccccc2c1=O. The molecule has 1 aliphatic rings. The van der Waals surface area contributed by atoms with Gasteiger partial charge in [-0.15, -0.1) is 0 Å². The van der Waals surface area contributed by atoms with Gasteiger partial charge in [-0.05, 0) is 45.2 Å². The number of rotatable bonds is 6. The van der Waals surface area contributed by atoms with E-state index in [0.717, 1.165) is 19.3 Å². The van der Waals surface area contributed by atoms with E-state index in [1.54, 1.807) is 4.57 Å². The number of aromatic nitrogens is 2. The fourth-order valence-electron chi connectivity index (χ4n) is 3.73. The highest BCUT2D eigenvalue weighted by Crippen LogP contribution is 2.26. The van der Waals surface area contributed by atoms with Crippen LogP contribution in [-0.2, 0) is 4.79 Å². The highest BCUT2D eigenvalue weighted by atomic mass is 32.2. The smallest absolute Gasteiger partial charge is 0.262 e. The molecule has 3 rings (SSSR count). The maximum Gasteiger partial charge on any atom is 0.262 e. The fraction of sp³-hybridized carbons (Fsp3) is 0.591. The van der Waals surface area contributed by atoms with E-state index >= 15 is 0 Å². The molecule has 1 aliphatic carbocycles. The monoisotopic (exact) mass is 401 g/mol. The second kappa shape index (κ2) is 9.59. The van der Waals surface area contributed by atoms with Crippen molar-refractivity contribution in [2.45, 2.75) is 88.2 Å². The molecule has 1 aromatic heterocycles. The number of nitrogens with zero attached hydrogens (tertiary/aromatic N) is 2. The van der Waals surface area contributed by atoms with E-state index in [0.29, 0.717) is 16.1 Å².